The molecular weight excluding hydrogens is 1040 g/mol. The average molecular weight is 1170 g/mol. The van der Waals surface area contributed by atoms with Crippen LogP contribution < -0.4 is 5.11 Å². The summed E-state index contributed by atoms with van der Waals surface area (Å²) in [5.41, 5.74) is 0. The molecule has 0 spiro atoms. The number of ether oxygens (including phenoxy) is 4. The first-order chi connectivity index (χ1) is 41.1. The molecule has 0 fully saturated rings. The fourth-order valence-electron chi connectivity index (χ4n) is 9.79. The van der Waals surface area contributed by atoms with E-state index in [1.54, 1.807) is 0 Å². The molecule has 0 aliphatic heterocycles. The van der Waals surface area contributed by atoms with Gasteiger partial charge in [0, 0.05) is 12.8 Å². The van der Waals surface area contributed by atoms with Crippen LogP contribution in [0.15, 0.2) is 97.2 Å². The Hall–Kier alpha value is -3.79. The molecular formula is C75H131NO8. The zero-order chi connectivity index (χ0) is 61.2. The van der Waals surface area contributed by atoms with E-state index in [1.807, 2.05) is 21.1 Å². The van der Waals surface area contributed by atoms with Crippen molar-refractivity contribution in [1.82, 2.24) is 0 Å². The van der Waals surface area contributed by atoms with E-state index in [0.717, 1.165) is 89.9 Å². The second-order valence-electron chi connectivity index (χ2n) is 24.4. The summed E-state index contributed by atoms with van der Waals surface area (Å²) in [6.07, 6.45) is 86.3. The maximum atomic E-state index is 12.9. The third-order valence-electron chi connectivity index (χ3n) is 15.1. The van der Waals surface area contributed by atoms with Crippen LogP contribution in [0.3, 0.4) is 0 Å². The number of aliphatic carboxylic acids is 1. The van der Waals surface area contributed by atoms with Crippen LogP contribution in [0.2, 0.25) is 0 Å². The molecule has 2 atom stereocenters. The third-order valence-corrected chi connectivity index (χ3v) is 15.1. The van der Waals surface area contributed by atoms with E-state index < -0.39 is 24.3 Å². The van der Waals surface area contributed by atoms with Gasteiger partial charge in [0.05, 0.1) is 40.3 Å². The lowest BCUT2D eigenvalue weighted by Gasteiger charge is -2.26. The summed E-state index contributed by atoms with van der Waals surface area (Å²) >= 11 is 0. The van der Waals surface area contributed by atoms with Gasteiger partial charge in [-0.05, 0) is 77.0 Å². The lowest BCUT2D eigenvalue weighted by atomic mass is 10.0. The molecule has 0 amide bonds. The van der Waals surface area contributed by atoms with Crippen LogP contribution in [0, 0.1) is 0 Å². The van der Waals surface area contributed by atoms with Crippen molar-refractivity contribution in [2.75, 3.05) is 47.5 Å². The van der Waals surface area contributed by atoms with Crippen molar-refractivity contribution in [2.24, 2.45) is 0 Å². The zero-order valence-electron chi connectivity index (χ0n) is 55.3. The molecule has 0 aliphatic rings. The minimum atomic E-state index is -1.62. The van der Waals surface area contributed by atoms with Crippen LogP contribution in [0.25, 0.3) is 0 Å². The van der Waals surface area contributed by atoms with Crippen molar-refractivity contribution in [1.29, 1.82) is 0 Å². The third kappa shape index (κ3) is 65.7. The first kappa shape index (κ1) is 80.2. The van der Waals surface area contributed by atoms with Crippen molar-refractivity contribution >= 4 is 17.9 Å². The lowest BCUT2D eigenvalue weighted by molar-refractivity contribution is -0.870. The molecule has 0 aromatic carbocycles. The van der Waals surface area contributed by atoms with E-state index in [2.05, 4.69) is 111 Å². The van der Waals surface area contributed by atoms with Gasteiger partial charge in [-0.1, -0.05) is 310 Å². The van der Waals surface area contributed by atoms with Crippen LogP contribution in [0.5, 0.6) is 0 Å². The van der Waals surface area contributed by atoms with Gasteiger partial charge in [0.2, 0.25) is 0 Å². The van der Waals surface area contributed by atoms with Crippen LogP contribution in [-0.4, -0.2) is 82.3 Å². The van der Waals surface area contributed by atoms with Crippen LogP contribution in [0.4, 0.5) is 0 Å². The predicted octanol–water partition coefficient (Wildman–Crippen LogP) is 20.3. The summed E-state index contributed by atoms with van der Waals surface area (Å²) in [6, 6.07) is 0. The van der Waals surface area contributed by atoms with Crippen LogP contribution in [-0.2, 0) is 33.3 Å². The summed E-state index contributed by atoms with van der Waals surface area (Å²) in [4.78, 5) is 37.4. The molecule has 84 heavy (non-hydrogen) atoms. The molecule has 0 radical (unpaired) electrons. The molecule has 2 unspecified atom stereocenters. The number of quaternary nitrogens is 1. The minimum Gasteiger partial charge on any atom is -0.545 e. The van der Waals surface area contributed by atoms with Gasteiger partial charge in [-0.15, -0.1) is 0 Å². The van der Waals surface area contributed by atoms with Gasteiger partial charge in [-0.2, -0.15) is 0 Å². The molecule has 9 nitrogen and oxygen atoms in total. The number of rotatable bonds is 64. The van der Waals surface area contributed by atoms with Gasteiger partial charge < -0.3 is 33.3 Å². The van der Waals surface area contributed by atoms with E-state index in [1.165, 1.54) is 180 Å². The number of carbonyl (C=O) groups excluding carboxylic acids is 3. The highest BCUT2D eigenvalue weighted by molar-refractivity contribution is 5.70. The molecule has 0 saturated carbocycles. The Kier molecular flexibility index (Phi) is 62.2. The fraction of sp³-hybridized carbons (Fsp3) is 0.747. The number of hydrogen-bond acceptors (Lipinski definition) is 8. The molecule has 0 heterocycles. The monoisotopic (exact) mass is 1170 g/mol. The van der Waals surface area contributed by atoms with Crippen LogP contribution in [0.1, 0.15) is 303 Å². The van der Waals surface area contributed by atoms with E-state index in [0.29, 0.717) is 23.9 Å². The lowest BCUT2D eigenvalue weighted by Crippen LogP contribution is -2.44. The number of allylic oxidation sites excluding steroid dienone is 16. The van der Waals surface area contributed by atoms with Gasteiger partial charge in [-0.25, -0.2) is 0 Å². The number of unbranched alkanes of at least 4 members (excludes halogenated alkanes) is 33. The number of carboxylic acid groups (broad SMARTS) is 1. The average Bonchev–Trinajstić information content (AvgIpc) is 3.52. The Bertz CT molecular complexity index is 1700. The Balaban J connectivity index is 4.04. The highest BCUT2D eigenvalue weighted by Gasteiger charge is 2.22. The van der Waals surface area contributed by atoms with E-state index in [9.17, 15) is 19.5 Å². The number of carboxylic acids is 1. The number of carbonyl (C=O) groups is 3. The largest absolute Gasteiger partial charge is 0.545 e. The fourth-order valence-corrected chi connectivity index (χ4v) is 9.79. The summed E-state index contributed by atoms with van der Waals surface area (Å²) in [5, 5.41) is 11.8. The molecule has 0 bridgehead atoms. The maximum Gasteiger partial charge on any atom is 0.306 e. The number of likely N-dealkylation sites (N-methyl/N-ethyl adjacent to an activating group) is 1. The maximum absolute atomic E-state index is 12.9. The smallest absolute Gasteiger partial charge is 0.306 e. The quantitative estimate of drug-likeness (QED) is 0.0195. The highest BCUT2D eigenvalue weighted by Crippen LogP contribution is 2.18. The van der Waals surface area contributed by atoms with Crippen molar-refractivity contribution < 1.29 is 42.9 Å². The molecule has 0 aliphatic carbocycles. The van der Waals surface area contributed by atoms with Crippen molar-refractivity contribution in [3.05, 3.63) is 97.2 Å². The molecule has 0 aromatic heterocycles. The minimum absolute atomic E-state index is 0.147. The SMILES string of the molecule is CC/C=C\C/C=C\C/C=C\C/C=C\C/C=C\C/C=C\C/C=C\C/C=C\CCCCCCCCCCCCCCCCCCC(=O)OC(COC(=O)CCCCCCCCCCCCCCCCCCCC)COC(OCC[N+](C)(C)C)C(=O)[O-]. The van der Waals surface area contributed by atoms with Crippen molar-refractivity contribution in [2.45, 2.75) is 315 Å². The number of esters is 2. The van der Waals surface area contributed by atoms with Gasteiger partial charge in [0.25, 0.3) is 0 Å². The predicted molar refractivity (Wildman–Crippen MR) is 357 cm³/mol. The second kappa shape index (κ2) is 65.2. The summed E-state index contributed by atoms with van der Waals surface area (Å²) in [6.45, 7) is 4.67. The molecule has 0 rings (SSSR count). The van der Waals surface area contributed by atoms with Crippen molar-refractivity contribution in [3.63, 3.8) is 0 Å². The highest BCUT2D eigenvalue weighted by atomic mass is 16.7. The molecule has 484 valence electrons. The number of hydrogen-bond donors (Lipinski definition) is 0. The first-order valence-corrected chi connectivity index (χ1v) is 34.9. The zero-order valence-corrected chi connectivity index (χ0v) is 55.3. The molecule has 0 saturated heterocycles. The summed E-state index contributed by atoms with van der Waals surface area (Å²) < 4.78 is 22.8. The van der Waals surface area contributed by atoms with E-state index >= 15 is 0 Å². The number of nitrogens with zero attached hydrogens (tertiary/aromatic N) is 1. The Labute approximate surface area is 518 Å². The Morgan fingerprint density at radius 2 is 0.679 bits per heavy atom. The van der Waals surface area contributed by atoms with Gasteiger partial charge >= 0.3 is 11.9 Å². The van der Waals surface area contributed by atoms with E-state index in [4.69, 9.17) is 18.9 Å². The standard InChI is InChI=1S/C75H131NO8/c1-6-8-10-12-14-16-18-20-22-24-26-27-28-29-30-31-32-33-34-35-36-37-38-39-40-41-42-43-44-45-46-47-48-50-52-54-56-58-60-62-64-66-73(78)84-71(70-83-75(74(79)80)81-68-67-76(3,4)5)69-82-72(77)65-63-61-59-57-55-53-51-49-25-23-21-19-17-15-13-11-9-7-2/h8,10,14,16,20,22,26-27,29-30,32-33,35-36,38-39,71,75H,6-7,9,11-13,15,17-19,21,23-25,28,31,34,37,40-70H2,1-5H3/b10-8-,16-14-,22-20-,27-26-,30-29-,33-32-,36-35-,39-38-. The molecule has 9 heteroatoms. The van der Waals surface area contributed by atoms with Gasteiger partial charge in [0.1, 0.15) is 13.2 Å². The van der Waals surface area contributed by atoms with Gasteiger partial charge in [-0.3, -0.25) is 9.59 Å². The van der Waals surface area contributed by atoms with E-state index in [-0.39, 0.29) is 32.2 Å². The topological polar surface area (TPSA) is 111 Å². The Morgan fingerprint density at radius 1 is 0.369 bits per heavy atom. The Morgan fingerprint density at radius 3 is 1.01 bits per heavy atom. The van der Waals surface area contributed by atoms with Gasteiger partial charge in [0.15, 0.2) is 12.4 Å². The van der Waals surface area contributed by atoms with Crippen molar-refractivity contribution in [3.8, 4) is 0 Å². The first-order valence-electron chi connectivity index (χ1n) is 34.9. The summed E-state index contributed by atoms with van der Waals surface area (Å²) in [7, 11) is 5.93. The summed E-state index contributed by atoms with van der Waals surface area (Å²) in [5.74, 6) is -2.27. The molecule has 0 N–H and O–H groups in total. The van der Waals surface area contributed by atoms with Crippen LogP contribution >= 0.6 is 0 Å². The second-order valence-corrected chi connectivity index (χ2v) is 24.4. The molecule has 0 aromatic rings. The normalized spacial score (nSPS) is 13.3.